The van der Waals surface area contributed by atoms with Gasteiger partial charge in [-0.25, -0.2) is 0 Å². The second-order valence-electron chi connectivity index (χ2n) is 6.81. The Bertz CT molecular complexity index is 717. The van der Waals surface area contributed by atoms with Gasteiger partial charge in [-0.3, -0.25) is 0 Å². The molecule has 21 heavy (non-hydrogen) atoms. The Kier molecular flexibility index (Phi) is 3.72. The van der Waals surface area contributed by atoms with Crippen molar-refractivity contribution < 1.29 is 9.09 Å². The standard InChI is InChI=1S/C17H22O2P2/c1-20(2,3)12-13-21(18)17-11-7-5-9-15(17)14-8-4-6-10-16(14)19-21/h4-11,20H,12-13H2,1-3H3. The van der Waals surface area contributed by atoms with Crippen LogP contribution in [-0.2, 0) is 4.57 Å². The molecule has 1 aliphatic rings. The van der Waals surface area contributed by atoms with E-state index in [0.717, 1.165) is 28.3 Å². The summed E-state index contributed by atoms with van der Waals surface area (Å²) < 4.78 is 19.5. The number of para-hydroxylation sites is 1. The van der Waals surface area contributed by atoms with E-state index < -0.39 is 14.6 Å². The fourth-order valence-corrected chi connectivity index (χ4v) is 8.27. The summed E-state index contributed by atoms with van der Waals surface area (Å²) in [6, 6.07) is 15.9. The van der Waals surface area contributed by atoms with Gasteiger partial charge >= 0.3 is 127 Å². The molecule has 2 aromatic carbocycles. The molecule has 0 saturated heterocycles. The average Bonchev–Trinajstić information content (AvgIpc) is 2.45. The van der Waals surface area contributed by atoms with Crippen molar-refractivity contribution in [2.45, 2.75) is 0 Å². The predicted molar refractivity (Wildman–Crippen MR) is 95.6 cm³/mol. The molecule has 1 aliphatic heterocycles. The molecule has 0 fully saturated rings. The maximum atomic E-state index is 13.5. The van der Waals surface area contributed by atoms with Gasteiger partial charge in [-0.05, 0) is 0 Å². The van der Waals surface area contributed by atoms with Gasteiger partial charge in [-0.15, -0.1) is 0 Å². The van der Waals surface area contributed by atoms with Crippen molar-refractivity contribution in [3.8, 4) is 16.9 Å². The molecule has 112 valence electrons. The van der Waals surface area contributed by atoms with Crippen molar-refractivity contribution in [2.24, 2.45) is 0 Å². The van der Waals surface area contributed by atoms with Crippen LogP contribution < -0.4 is 9.83 Å². The van der Waals surface area contributed by atoms with Crippen LogP contribution in [0.1, 0.15) is 0 Å². The normalized spacial score (nSPS) is 21.1. The number of benzene rings is 2. The van der Waals surface area contributed by atoms with Gasteiger partial charge in [0.15, 0.2) is 0 Å². The van der Waals surface area contributed by atoms with Gasteiger partial charge in [-0.2, -0.15) is 0 Å². The van der Waals surface area contributed by atoms with Crippen LogP contribution in [0.25, 0.3) is 11.1 Å². The molecule has 4 heteroatoms. The van der Waals surface area contributed by atoms with E-state index in [4.69, 9.17) is 4.52 Å². The Morgan fingerprint density at radius 1 is 0.952 bits per heavy atom. The Morgan fingerprint density at radius 2 is 1.57 bits per heavy atom. The van der Waals surface area contributed by atoms with E-state index in [0.29, 0.717) is 6.16 Å². The molecule has 2 aromatic rings. The number of rotatable bonds is 3. The zero-order valence-corrected chi connectivity index (χ0v) is 14.7. The van der Waals surface area contributed by atoms with Crippen molar-refractivity contribution >= 4 is 19.9 Å². The molecule has 1 heterocycles. The Morgan fingerprint density at radius 3 is 2.29 bits per heavy atom. The first-order valence-corrected chi connectivity index (χ1v) is 12.9. The van der Waals surface area contributed by atoms with Gasteiger partial charge in [-0.1, -0.05) is 0 Å². The third-order valence-corrected chi connectivity index (χ3v) is 8.45. The zero-order chi connectivity index (χ0) is 15.1. The van der Waals surface area contributed by atoms with Crippen molar-refractivity contribution in [1.29, 1.82) is 0 Å². The van der Waals surface area contributed by atoms with E-state index in [1.165, 1.54) is 0 Å². The van der Waals surface area contributed by atoms with E-state index >= 15 is 0 Å². The predicted octanol–water partition coefficient (Wildman–Crippen LogP) is 4.29. The van der Waals surface area contributed by atoms with Gasteiger partial charge in [0.2, 0.25) is 0 Å². The van der Waals surface area contributed by atoms with E-state index in [9.17, 15) is 4.57 Å². The van der Waals surface area contributed by atoms with Gasteiger partial charge in [0, 0.05) is 0 Å². The fraction of sp³-hybridized carbons (Fsp3) is 0.294. The van der Waals surface area contributed by atoms with Crippen molar-refractivity contribution in [3.63, 3.8) is 0 Å². The van der Waals surface area contributed by atoms with Crippen molar-refractivity contribution in [1.82, 2.24) is 0 Å². The molecule has 0 aliphatic carbocycles. The van der Waals surface area contributed by atoms with Crippen molar-refractivity contribution in [2.75, 3.05) is 32.3 Å². The van der Waals surface area contributed by atoms with Gasteiger partial charge in [0.05, 0.1) is 0 Å². The molecule has 1 unspecified atom stereocenters. The van der Waals surface area contributed by atoms with Crippen LogP contribution in [-0.4, -0.2) is 32.3 Å². The molecular formula is C17H22O2P2. The molecule has 0 N–H and O–H groups in total. The molecule has 2 nitrogen and oxygen atoms in total. The summed E-state index contributed by atoms with van der Waals surface area (Å²) in [4.78, 5) is 0. The second kappa shape index (κ2) is 5.27. The molecule has 3 rings (SSSR count). The minimum atomic E-state index is -2.80. The molecule has 1 atom stereocenters. The number of hydrogen-bond acceptors (Lipinski definition) is 2. The third-order valence-electron chi connectivity index (χ3n) is 3.85. The van der Waals surface area contributed by atoms with Crippen LogP contribution >= 0.6 is 14.6 Å². The molecule has 0 amide bonds. The van der Waals surface area contributed by atoms with Gasteiger partial charge in [0.1, 0.15) is 0 Å². The summed E-state index contributed by atoms with van der Waals surface area (Å²) >= 11 is 0. The molecule has 0 saturated carbocycles. The molecule has 0 bridgehead atoms. The van der Waals surface area contributed by atoms with E-state index in [-0.39, 0.29) is 0 Å². The first kappa shape index (κ1) is 14.8. The minimum absolute atomic E-state index is 0.647. The number of fused-ring (bicyclic) bond motifs is 3. The summed E-state index contributed by atoms with van der Waals surface area (Å²) in [5.41, 5.74) is 2.12. The fourth-order valence-electron chi connectivity index (χ4n) is 2.62. The SMILES string of the molecule is C[PH](C)(C)CCP1(=O)Oc2ccccc2-c2ccccc21. The van der Waals surface area contributed by atoms with Crippen LogP contribution in [0.4, 0.5) is 0 Å². The Hall–Kier alpha value is -1.10. The first-order chi connectivity index (χ1) is 9.89. The van der Waals surface area contributed by atoms with Crippen LogP contribution in [0.5, 0.6) is 5.75 Å². The molecular weight excluding hydrogens is 298 g/mol. The Labute approximate surface area is 127 Å². The van der Waals surface area contributed by atoms with Crippen LogP contribution in [0, 0.1) is 0 Å². The monoisotopic (exact) mass is 320 g/mol. The van der Waals surface area contributed by atoms with E-state index in [1.807, 2.05) is 42.5 Å². The third kappa shape index (κ3) is 2.93. The van der Waals surface area contributed by atoms with Crippen LogP contribution in [0.2, 0.25) is 0 Å². The Balaban J connectivity index is 2.08. The van der Waals surface area contributed by atoms with Crippen LogP contribution in [0.15, 0.2) is 48.5 Å². The molecule has 0 spiro atoms. The van der Waals surface area contributed by atoms with Gasteiger partial charge < -0.3 is 0 Å². The summed E-state index contributed by atoms with van der Waals surface area (Å²) in [5.74, 6) is 0.759. The summed E-state index contributed by atoms with van der Waals surface area (Å²) in [7, 11) is -4.05. The second-order valence-corrected chi connectivity index (χ2v) is 14.9. The maximum absolute atomic E-state index is 13.5. The first-order valence-electron chi connectivity index (χ1n) is 7.37. The van der Waals surface area contributed by atoms with E-state index in [2.05, 4.69) is 26.1 Å². The average molecular weight is 320 g/mol. The van der Waals surface area contributed by atoms with Gasteiger partial charge in [0.25, 0.3) is 0 Å². The summed E-state index contributed by atoms with van der Waals surface area (Å²) in [5, 5.41) is 0.891. The van der Waals surface area contributed by atoms with Crippen molar-refractivity contribution in [3.05, 3.63) is 48.5 Å². The summed E-state index contributed by atoms with van der Waals surface area (Å²) in [6.45, 7) is 6.93. The molecule has 0 aromatic heterocycles. The van der Waals surface area contributed by atoms with Crippen LogP contribution in [0.3, 0.4) is 0 Å². The number of hydrogen-bond donors (Lipinski definition) is 0. The van der Waals surface area contributed by atoms with E-state index in [1.54, 1.807) is 0 Å². The summed E-state index contributed by atoms with van der Waals surface area (Å²) in [6.07, 6.45) is 1.66. The topological polar surface area (TPSA) is 26.3 Å². The quantitative estimate of drug-likeness (QED) is 0.789. The zero-order valence-electron chi connectivity index (χ0n) is 12.8. The molecule has 0 radical (unpaired) electrons.